The van der Waals surface area contributed by atoms with E-state index in [1.807, 2.05) is 12.1 Å². The van der Waals surface area contributed by atoms with Gasteiger partial charge in [0.2, 0.25) is 0 Å². The molecule has 0 aliphatic carbocycles. The van der Waals surface area contributed by atoms with E-state index in [2.05, 4.69) is 17.4 Å². The largest absolute Gasteiger partial charge is 0.312 e. The number of thioether (sulfide) groups is 1. The Hall–Kier alpha value is -1.39. The molecule has 1 N–H and O–H groups in total. The monoisotopic (exact) mass is 305 g/mol. The highest BCUT2D eigenvalue weighted by Gasteiger charge is 2.32. The van der Waals surface area contributed by atoms with Crippen LogP contribution < -0.4 is 5.32 Å². The maximum Gasteiger partial charge on any atom is 0.163 e. The second kappa shape index (κ2) is 5.78. The molecule has 21 heavy (non-hydrogen) atoms. The van der Waals surface area contributed by atoms with Gasteiger partial charge in [0, 0.05) is 28.2 Å². The second-order valence-electron chi connectivity index (χ2n) is 5.32. The fraction of sp³-hybridized carbons (Fsp3) is 0.294. The fourth-order valence-corrected chi connectivity index (χ4v) is 4.23. The molecular weight excluding hydrogens is 288 g/mol. The van der Waals surface area contributed by atoms with Crippen LogP contribution in [0.15, 0.2) is 41.3 Å². The van der Waals surface area contributed by atoms with Crippen LogP contribution in [0.3, 0.4) is 0 Å². The number of halogens is 2. The Morgan fingerprint density at radius 2 is 1.90 bits per heavy atom. The van der Waals surface area contributed by atoms with Crippen molar-refractivity contribution in [1.82, 2.24) is 5.32 Å². The summed E-state index contributed by atoms with van der Waals surface area (Å²) < 4.78 is 28.2. The summed E-state index contributed by atoms with van der Waals surface area (Å²) in [6.45, 7) is 1.58. The zero-order chi connectivity index (χ0) is 15.0. The third-order valence-electron chi connectivity index (χ3n) is 4.09. The molecule has 3 rings (SSSR count). The molecule has 0 amide bonds. The van der Waals surface area contributed by atoms with E-state index < -0.39 is 11.6 Å². The molecule has 1 aliphatic rings. The van der Waals surface area contributed by atoms with Gasteiger partial charge < -0.3 is 5.32 Å². The minimum Gasteiger partial charge on any atom is -0.312 e. The SMILES string of the molecule is CNC(c1ccc(C)c(F)c1F)C1CSc2ccccc21. The second-order valence-corrected chi connectivity index (χ2v) is 6.38. The quantitative estimate of drug-likeness (QED) is 0.900. The summed E-state index contributed by atoms with van der Waals surface area (Å²) in [7, 11) is 1.80. The molecule has 1 aliphatic heterocycles. The molecule has 2 atom stereocenters. The topological polar surface area (TPSA) is 12.0 Å². The average molecular weight is 305 g/mol. The molecule has 2 unspecified atom stereocenters. The zero-order valence-electron chi connectivity index (χ0n) is 12.0. The third-order valence-corrected chi connectivity index (χ3v) is 5.30. The van der Waals surface area contributed by atoms with Gasteiger partial charge in [0.1, 0.15) is 0 Å². The molecule has 0 saturated heterocycles. The van der Waals surface area contributed by atoms with E-state index in [-0.39, 0.29) is 12.0 Å². The summed E-state index contributed by atoms with van der Waals surface area (Å²) in [5.41, 5.74) is 1.96. The van der Waals surface area contributed by atoms with Gasteiger partial charge in [-0.1, -0.05) is 30.3 Å². The predicted octanol–water partition coefficient (Wildman–Crippen LogP) is 4.42. The van der Waals surface area contributed by atoms with Gasteiger partial charge in [0.15, 0.2) is 11.6 Å². The van der Waals surface area contributed by atoms with Crippen LogP contribution in [0.1, 0.15) is 28.7 Å². The minimum atomic E-state index is -0.744. The summed E-state index contributed by atoms with van der Waals surface area (Å²) in [5, 5.41) is 3.17. The number of aryl methyl sites for hydroxylation is 1. The molecule has 4 heteroatoms. The maximum absolute atomic E-state index is 14.3. The van der Waals surface area contributed by atoms with Crippen molar-refractivity contribution in [1.29, 1.82) is 0 Å². The van der Waals surface area contributed by atoms with E-state index in [0.29, 0.717) is 11.1 Å². The van der Waals surface area contributed by atoms with E-state index in [1.165, 1.54) is 10.5 Å². The van der Waals surface area contributed by atoms with Crippen LogP contribution in [0.5, 0.6) is 0 Å². The van der Waals surface area contributed by atoms with Crippen molar-refractivity contribution in [3.63, 3.8) is 0 Å². The van der Waals surface area contributed by atoms with Gasteiger partial charge in [-0.05, 0) is 31.2 Å². The third kappa shape index (κ3) is 2.47. The average Bonchev–Trinajstić information content (AvgIpc) is 2.92. The van der Waals surface area contributed by atoms with E-state index in [9.17, 15) is 8.78 Å². The number of benzene rings is 2. The smallest absolute Gasteiger partial charge is 0.163 e. The first-order valence-electron chi connectivity index (χ1n) is 6.97. The highest BCUT2D eigenvalue weighted by atomic mass is 32.2. The molecule has 0 fully saturated rings. The van der Waals surface area contributed by atoms with E-state index in [1.54, 1.807) is 37.9 Å². The summed E-state index contributed by atoms with van der Waals surface area (Å²) in [4.78, 5) is 1.23. The number of hydrogen-bond acceptors (Lipinski definition) is 2. The van der Waals surface area contributed by atoms with Crippen LogP contribution in [0, 0.1) is 18.6 Å². The number of likely N-dealkylation sites (N-methyl/N-ethyl adjacent to an activating group) is 1. The van der Waals surface area contributed by atoms with Gasteiger partial charge in [-0.25, -0.2) is 8.78 Å². The van der Waals surface area contributed by atoms with Gasteiger partial charge in [-0.2, -0.15) is 0 Å². The van der Waals surface area contributed by atoms with Gasteiger partial charge in [-0.15, -0.1) is 11.8 Å². The first kappa shape index (κ1) is 14.5. The van der Waals surface area contributed by atoms with Crippen molar-refractivity contribution in [2.45, 2.75) is 23.8 Å². The molecule has 2 aromatic rings. The van der Waals surface area contributed by atoms with Crippen molar-refractivity contribution < 1.29 is 8.78 Å². The van der Waals surface area contributed by atoms with Crippen molar-refractivity contribution in [3.8, 4) is 0 Å². The van der Waals surface area contributed by atoms with Crippen LogP contribution in [-0.2, 0) is 0 Å². The van der Waals surface area contributed by atoms with Gasteiger partial charge >= 0.3 is 0 Å². The lowest BCUT2D eigenvalue weighted by Crippen LogP contribution is -2.25. The molecule has 0 aromatic heterocycles. The first-order valence-corrected chi connectivity index (χ1v) is 7.95. The Morgan fingerprint density at radius 1 is 1.14 bits per heavy atom. The molecule has 0 saturated carbocycles. The summed E-state index contributed by atoms with van der Waals surface area (Å²) >= 11 is 1.77. The highest BCUT2D eigenvalue weighted by Crippen LogP contribution is 2.45. The Kier molecular flexibility index (Phi) is 4.00. The molecule has 1 nitrogen and oxygen atoms in total. The Bertz CT molecular complexity index is 672. The van der Waals surface area contributed by atoms with Gasteiger partial charge in [-0.3, -0.25) is 0 Å². The molecule has 0 bridgehead atoms. The maximum atomic E-state index is 14.3. The van der Waals surface area contributed by atoms with Crippen molar-refractivity contribution in [2.75, 3.05) is 12.8 Å². The first-order chi connectivity index (χ1) is 10.1. The molecule has 110 valence electrons. The molecule has 0 spiro atoms. The van der Waals surface area contributed by atoms with Crippen molar-refractivity contribution >= 4 is 11.8 Å². The van der Waals surface area contributed by atoms with Gasteiger partial charge in [0.25, 0.3) is 0 Å². The standard InChI is InChI=1S/C17H17F2NS/c1-10-7-8-12(16(19)15(10)18)17(20-2)13-9-21-14-6-4-3-5-11(13)14/h3-8,13,17,20H,9H2,1-2H3. The van der Waals surface area contributed by atoms with Crippen LogP contribution in [-0.4, -0.2) is 12.8 Å². The Morgan fingerprint density at radius 3 is 2.67 bits per heavy atom. The number of hydrogen-bond donors (Lipinski definition) is 1. The highest BCUT2D eigenvalue weighted by molar-refractivity contribution is 7.99. The Balaban J connectivity index is 2.03. The number of rotatable bonds is 3. The number of fused-ring (bicyclic) bond motifs is 1. The predicted molar refractivity (Wildman–Crippen MR) is 82.8 cm³/mol. The zero-order valence-corrected chi connectivity index (χ0v) is 12.8. The van der Waals surface area contributed by atoms with Crippen LogP contribution >= 0.6 is 11.8 Å². The van der Waals surface area contributed by atoms with Crippen LogP contribution in [0.4, 0.5) is 8.78 Å². The van der Waals surface area contributed by atoms with E-state index in [0.717, 1.165) is 5.75 Å². The molecular formula is C17H17F2NS. The molecule has 1 heterocycles. The molecule has 0 radical (unpaired) electrons. The normalized spacial score (nSPS) is 18.6. The number of nitrogens with one attached hydrogen (secondary N) is 1. The molecule has 2 aromatic carbocycles. The van der Waals surface area contributed by atoms with Crippen molar-refractivity contribution in [3.05, 3.63) is 64.7 Å². The lowest BCUT2D eigenvalue weighted by Gasteiger charge is -2.25. The Labute approximate surface area is 127 Å². The van der Waals surface area contributed by atoms with Crippen molar-refractivity contribution in [2.24, 2.45) is 0 Å². The van der Waals surface area contributed by atoms with Crippen LogP contribution in [0.2, 0.25) is 0 Å². The summed E-state index contributed by atoms with van der Waals surface area (Å²) in [6, 6.07) is 11.3. The van der Waals surface area contributed by atoms with Crippen LogP contribution in [0.25, 0.3) is 0 Å². The lowest BCUT2D eigenvalue weighted by molar-refractivity contribution is 0.448. The minimum absolute atomic E-state index is 0.146. The van der Waals surface area contributed by atoms with E-state index in [4.69, 9.17) is 0 Å². The lowest BCUT2D eigenvalue weighted by atomic mass is 9.88. The summed E-state index contributed by atoms with van der Waals surface area (Å²) in [5.74, 6) is -0.456. The van der Waals surface area contributed by atoms with E-state index >= 15 is 0 Å². The van der Waals surface area contributed by atoms with Gasteiger partial charge in [0.05, 0.1) is 0 Å². The summed E-state index contributed by atoms with van der Waals surface area (Å²) in [6.07, 6.45) is 0. The fourth-order valence-electron chi connectivity index (χ4n) is 2.94.